The minimum atomic E-state index is -0.617. The maximum absolute atomic E-state index is 12.2. The van der Waals surface area contributed by atoms with Gasteiger partial charge in [-0.1, -0.05) is 32.3 Å². The highest BCUT2D eigenvalue weighted by atomic mass is 16.5. The van der Waals surface area contributed by atoms with Gasteiger partial charge in [-0.25, -0.2) is 9.59 Å². The number of unbranched alkanes of at least 4 members (excludes halogenated alkanes) is 5. The van der Waals surface area contributed by atoms with Crippen LogP contribution in [-0.4, -0.2) is 29.4 Å². The summed E-state index contributed by atoms with van der Waals surface area (Å²) < 4.78 is 10.4. The van der Waals surface area contributed by atoms with E-state index in [1.807, 2.05) is 6.08 Å². The average Bonchev–Trinajstić information content (AvgIpc) is 2.69. The smallest absolute Gasteiger partial charge is 0.347 e. The van der Waals surface area contributed by atoms with Gasteiger partial charge in [0.15, 0.2) is 0 Å². The van der Waals surface area contributed by atoms with Gasteiger partial charge in [0.2, 0.25) is 0 Å². The van der Waals surface area contributed by atoms with E-state index in [0.29, 0.717) is 12.8 Å². The Balaban J connectivity index is 2.18. The van der Waals surface area contributed by atoms with E-state index in [2.05, 4.69) is 6.92 Å². The lowest BCUT2D eigenvalue weighted by atomic mass is 10.1. The number of hydrogen-bond acceptors (Lipinski definition) is 6. The molecule has 1 aromatic heterocycles. The number of esters is 1. The lowest BCUT2D eigenvalue weighted by Crippen LogP contribution is -2.08. The first kappa shape index (κ1) is 21.7. The van der Waals surface area contributed by atoms with Gasteiger partial charge < -0.3 is 19.4 Å². The van der Waals surface area contributed by atoms with Crippen molar-refractivity contribution in [2.75, 3.05) is 13.2 Å². The van der Waals surface area contributed by atoms with Crippen LogP contribution in [0.1, 0.15) is 67.8 Å². The molecule has 152 valence electrons. The molecule has 6 nitrogen and oxygen atoms in total. The van der Waals surface area contributed by atoms with E-state index >= 15 is 0 Å². The first-order valence-electron chi connectivity index (χ1n) is 9.82. The van der Waals surface area contributed by atoms with E-state index < -0.39 is 11.6 Å². The van der Waals surface area contributed by atoms with Crippen LogP contribution in [0.25, 0.3) is 17.0 Å². The molecule has 0 amide bonds. The van der Waals surface area contributed by atoms with E-state index in [0.717, 1.165) is 25.7 Å². The van der Waals surface area contributed by atoms with Crippen molar-refractivity contribution in [3.05, 3.63) is 45.8 Å². The molecule has 0 fully saturated rings. The third-order valence-corrected chi connectivity index (χ3v) is 4.44. The number of aliphatic hydroxyl groups excluding tert-OH is 1. The number of aromatic hydroxyl groups is 1. The van der Waals surface area contributed by atoms with Crippen LogP contribution in [-0.2, 0) is 4.74 Å². The third-order valence-electron chi connectivity index (χ3n) is 4.44. The van der Waals surface area contributed by atoms with Gasteiger partial charge in [0.1, 0.15) is 16.9 Å². The van der Waals surface area contributed by atoms with Crippen molar-refractivity contribution in [2.24, 2.45) is 0 Å². The Bertz CT molecular complexity index is 865. The minimum Gasteiger partial charge on any atom is -0.506 e. The summed E-state index contributed by atoms with van der Waals surface area (Å²) in [6.45, 7) is 2.40. The number of rotatable bonds is 11. The summed E-state index contributed by atoms with van der Waals surface area (Å²) in [6.07, 6.45) is 9.87. The normalized spacial score (nSPS) is 11.4. The number of allylic oxidation sites excluding steroid dienone is 1. The Hall–Kier alpha value is -2.60. The third kappa shape index (κ3) is 5.96. The summed E-state index contributed by atoms with van der Waals surface area (Å²) in [5.41, 5.74) is -0.0693. The van der Waals surface area contributed by atoms with Crippen LogP contribution in [0.3, 0.4) is 0 Å². The second-order valence-electron chi connectivity index (χ2n) is 6.68. The van der Waals surface area contributed by atoms with E-state index in [-0.39, 0.29) is 41.1 Å². The van der Waals surface area contributed by atoms with E-state index in [1.165, 1.54) is 24.6 Å². The molecular formula is C22H28O6. The summed E-state index contributed by atoms with van der Waals surface area (Å²) in [7, 11) is 0. The monoisotopic (exact) mass is 388 g/mol. The second kappa shape index (κ2) is 11.3. The quantitative estimate of drug-likeness (QED) is 0.336. The van der Waals surface area contributed by atoms with Gasteiger partial charge in [-0.15, -0.1) is 0 Å². The van der Waals surface area contributed by atoms with Crippen LogP contribution >= 0.6 is 0 Å². The van der Waals surface area contributed by atoms with E-state index in [4.69, 9.17) is 14.3 Å². The van der Waals surface area contributed by atoms with Crippen LogP contribution in [0.5, 0.6) is 5.75 Å². The second-order valence-corrected chi connectivity index (χ2v) is 6.68. The number of carbonyl (C=O) groups excluding carboxylic acids is 1. The number of benzene rings is 1. The highest BCUT2D eigenvalue weighted by Gasteiger charge is 2.15. The van der Waals surface area contributed by atoms with Crippen LogP contribution in [0.2, 0.25) is 0 Å². The highest BCUT2D eigenvalue weighted by Crippen LogP contribution is 2.28. The van der Waals surface area contributed by atoms with Gasteiger partial charge >= 0.3 is 11.6 Å². The molecule has 28 heavy (non-hydrogen) atoms. The summed E-state index contributed by atoms with van der Waals surface area (Å²) in [5, 5.41) is 19.6. The summed E-state index contributed by atoms with van der Waals surface area (Å²) >= 11 is 0. The topological polar surface area (TPSA) is 97.0 Å². The van der Waals surface area contributed by atoms with Crippen molar-refractivity contribution in [2.45, 2.75) is 51.9 Å². The SMILES string of the molecule is CCCCCCC=Cc1c(O)c2cc(C(=O)OCCCCO)ccc2oc1=O. The Morgan fingerprint density at radius 2 is 2.00 bits per heavy atom. The van der Waals surface area contributed by atoms with Crippen molar-refractivity contribution < 1.29 is 24.2 Å². The van der Waals surface area contributed by atoms with Gasteiger partial charge in [-0.2, -0.15) is 0 Å². The van der Waals surface area contributed by atoms with Crippen molar-refractivity contribution >= 4 is 23.0 Å². The Labute approximate surface area is 164 Å². The van der Waals surface area contributed by atoms with Crippen LogP contribution in [0.15, 0.2) is 33.5 Å². The molecule has 0 atom stereocenters. The van der Waals surface area contributed by atoms with Gasteiger partial charge in [0.25, 0.3) is 0 Å². The Morgan fingerprint density at radius 3 is 2.75 bits per heavy atom. The number of aliphatic hydroxyl groups is 1. The predicted molar refractivity (Wildman–Crippen MR) is 109 cm³/mol. The molecule has 0 aliphatic rings. The predicted octanol–water partition coefficient (Wildman–Crippen LogP) is 4.41. The first-order valence-corrected chi connectivity index (χ1v) is 9.82. The van der Waals surface area contributed by atoms with Gasteiger partial charge in [0, 0.05) is 6.61 Å². The molecule has 0 saturated carbocycles. The molecule has 0 spiro atoms. The molecule has 1 heterocycles. The number of hydrogen-bond donors (Lipinski definition) is 2. The summed E-state index contributed by atoms with van der Waals surface area (Å²) in [6, 6.07) is 4.42. The molecule has 2 aromatic rings. The molecule has 6 heteroatoms. The van der Waals surface area contributed by atoms with Crippen LogP contribution in [0, 0.1) is 0 Å². The zero-order chi connectivity index (χ0) is 20.4. The minimum absolute atomic E-state index is 0.0509. The summed E-state index contributed by atoms with van der Waals surface area (Å²) in [5.74, 6) is -0.732. The van der Waals surface area contributed by atoms with Gasteiger partial charge in [0.05, 0.1) is 17.6 Å². The zero-order valence-electron chi connectivity index (χ0n) is 16.3. The molecule has 2 N–H and O–H groups in total. The van der Waals surface area contributed by atoms with Crippen molar-refractivity contribution in [3.8, 4) is 5.75 Å². The van der Waals surface area contributed by atoms with Crippen molar-refractivity contribution in [3.63, 3.8) is 0 Å². The molecule has 0 radical (unpaired) electrons. The molecule has 2 rings (SSSR count). The fourth-order valence-electron chi connectivity index (χ4n) is 2.83. The van der Waals surface area contributed by atoms with E-state index in [1.54, 1.807) is 6.08 Å². The fourth-order valence-corrected chi connectivity index (χ4v) is 2.83. The maximum atomic E-state index is 12.2. The van der Waals surface area contributed by atoms with Gasteiger partial charge in [-0.05, 0) is 50.0 Å². The Morgan fingerprint density at radius 1 is 1.18 bits per heavy atom. The first-order chi connectivity index (χ1) is 13.6. The molecule has 0 aliphatic carbocycles. The molecule has 0 saturated heterocycles. The number of carbonyl (C=O) groups is 1. The van der Waals surface area contributed by atoms with Crippen molar-refractivity contribution in [1.82, 2.24) is 0 Å². The van der Waals surface area contributed by atoms with Crippen LogP contribution in [0.4, 0.5) is 0 Å². The standard InChI is InChI=1S/C22H28O6/c1-2-3-4-5-6-7-10-17-20(24)18-15-16(11-12-19(18)28-22(17)26)21(25)27-14-9-8-13-23/h7,10-12,15,23-24H,2-6,8-9,13-14H2,1H3. The Kier molecular flexibility index (Phi) is 8.75. The van der Waals surface area contributed by atoms with E-state index in [9.17, 15) is 14.7 Å². The molecular weight excluding hydrogens is 360 g/mol. The fraction of sp³-hybridized carbons (Fsp3) is 0.455. The van der Waals surface area contributed by atoms with Crippen molar-refractivity contribution in [1.29, 1.82) is 0 Å². The molecule has 0 bridgehead atoms. The van der Waals surface area contributed by atoms with Crippen LogP contribution < -0.4 is 5.63 Å². The number of ether oxygens (including phenoxy) is 1. The largest absolute Gasteiger partial charge is 0.506 e. The van der Waals surface area contributed by atoms with Gasteiger partial charge in [-0.3, -0.25) is 0 Å². The molecule has 1 aromatic carbocycles. The molecule has 0 aliphatic heterocycles. The maximum Gasteiger partial charge on any atom is 0.347 e. The lowest BCUT2D eigenvalue weighted by Gasteiger charge is -2.07. The number of fused-ring (bicyclic) bond motifs is 1. The average molecular weight is 388 g/mol. The molecule has 0 unspecified atom stereocenters. The highest BCUT2D eigenvalue weighted by molar-refractivity contribution is 5.96. The lowest BCUT2D eigenvalue weighted by molar-refractivity contribution is 0.0493. The summed E-state index contributed by atoms with van der Waals surface area (Å²) in [4.78, 5) is 24.3. The zero-order valence-corrected chi connectivity index (χ0v) is 16.3.